The van der Waals surface area contributed by atoms with Crippen molar-refractivity contribution in [1.82, 2.24) is 0 Å². The molecule has 0 aliphatic rings. The van der Waals surface area contributed by atoms with Crippen LogP contribution in [-0.4, -0.2) is 51.4 Å². The molecule has 0 unspecified atom stereocenters. The number of rotatable bonds is 5. The van der Waals surface area contributed by atoms with Crippen molar-refractivity contribution in [2.24, 2.45) is 0 Å². The van der Waals surface area contributed by atoms with E-state index in [9.17, 15) is 0 Å². The van der Waals surface area contributed by atoms with Crippen LogP contribution in [-0.2, 0) is 19.5 Å². The minimum absolute atomic E-state index is 0. The first-order valence-electron chi connectivity index (χ1n) is 10.7. The standard InChI is InChI=1S/C18H15P.C12H11P.K.Ru.3H/c1-4-10-16(11-5-1)19(17-12-6-2-7-13-17)18-14-8-3-9-15-18;1-3-7-11(8-4-1)13-12-9-5-2-6-10-12;;;;;/h1-15H;1-10,13H;;;;;. The molecule has 0 saturated heterocycles. The molecule has 0 aliphatic carbocycles. The van der Waals surface area contributed by atoms with Crippen molar-refractivity contribution in [2.75, 3.05) is 0 Å². The first-order valence-corrected chi connectivity index (χ1v) is 13.1. The van der Waals surface area contributed by atoms with Gasteiger partial charge in [0.2, 0.25) is 0 Å². The molecule has 0 atom stereocenters. The molecule has 5 aromatic carbocycles. The summed E-state index contributed by atoms with van der Waals surface area (Å²) in [4.78, 5) is 0. The molecule has 0 N–H and O–H groups in total. The van der Waals surface area contributed by atoms with Crippen LogP contribution in [0.1, 0.15) is 0 Å². The summed E-state index contributed by atoms with van der Waals surface area (Å²) in [7, 11) is 0.331. The molecule has 168 valence electrons. The Bertz CT molecular complexity index is 1040. The molecule has 0 aliphatic heterocycles. The van der Waals surface area contributed by atoms with Crippen molar-refractivity contribution in [3.8, 4) is 0 Å². The van der Waals surface area contributed by atoms with E-state index in [0.717, 1.165) is 8.58 Å². The Labute approximate surface area is 262 Å². The second kappa shape index (κ2) is 16.8. The maximum Gasteiger partial charge on any atom is -0.0134 e. The van der Waals surface area contributed by atoms with E-state index in [4.69, 9.17) is 0 Å². The van der Waals surface area contributed by atoms with Crippen LogP contribution < -0.4 is 26.5 Å². The summed E-state index contributed by atoms with van der Waals surface area (Å²) in [5.41, 5.74) is 0. The fraction of sp³-hybridized carbons (Fsp3) is 0. The predicted molar refractivity (Wildman–Crippen MR) is 156 cm³/mol. The van der Waals surface area contributed by atoms with Crippen LogP contribution in [0, 0.1) is 0 Å². The minimum Gasteiger partial charge on any atom is -0.0622 e. The van der Waals surface area contributed by atoms with Crippen LogP contribution in [0.15, 0.2) is 152 Å². The second-order valence-electron chi connectivity index (χ2n) is 7.20. The summed E-state index contributed by atoms with van der Waals surface area (Å²) in [6.45, 7) is 0. The smallest absolute Gasteiger partial charge is 0.0134 e. The van der Waals surface area contributed by atoms with E-state index in [0.29, 0.717) is 0 Å². The van der Waals surface area contributed by atoms with Crippen molar-refractivity contribution in [3.05, 3.63) is 152 Å². The summed E-state index contributed by atoms with van der Waals surface area (Å²) >= 11 is 0. The van der Waals surface area contributed by atoms with E-state index in [1.54, 1.807) is 0 Å². The van der Waals surface area contributed by atoms with Crippen molar-refractivity contribution in [2.45, 2.75) is 0 Å². The Kier molecular flexibility index (Phi) is 14.6. The van der Waals surface area contributed by atoms with Gasteiger partial charge in [0.15, 0.2) is 0 Å². The van der Waals surface area contributed by atoms with Crippen LogP contribution >= 0.6 is 16.5 Å². The average Bonchev–Trinajstić information content (AvgIpc) is 2.88. The fourth-order valence-corrected chi connectivity index (χ4v) is 6.74. The molecule has 1 radical (unpaired) electrons. The second-order valence-corrected chi connectivity index (χ2v) is 10.8. The molecule has 0 fully saturated rings. The number of hydrogen-bond acceptors (Lipinski definition) is 0. The van der Waals surface area contributed by atoms with Crippen LogP contribution in [0.4, 0.5) is 0 Å². The van der Waals surface area contributed by atoms with Gasteiger partial charge in [-0.15, -0.1) is 0 Å². The zero-order chi connectivity index (χ0) is 21.8. The number of hydrogen-bond donors (Lipinski definition) is 0. The molecule has 0 spiro atoms. The van der Waals surface area contributed by atoms with Crippen LogP contribution in [0.5, 0.6) is 0 Å². The topological polar surface area (TPSA) is 0 Å². The molecular formula is C30H29KP2Ru. The normalized spacial score (nSPS) is 9.68. The van der Waals surface area contributed by atoms with E-state index in [1.807, 2.05) is 0 Å². The minimum atomic E-state index is -0.446. The molecule has 0 nitrogen and oxygen atoms in total. The molecule has 5 rings (SSSR count). The van der Waals surface area contributed by atoms with E-state index in [-0.39, 0.29) is 70.9 Å². The van der Waals surface area contributed by atoms with Crippen LogP contribution in [0.3, 0.4) is 0 Å². The molecule has 0 bridgehead atoms. The van der Waals surface area contributed by atoms with Gasteiger partial charge >= 0.3 is 19.5 Å². The zero-order valence-corrected chi connectivity index (χ0v) is 26.5. The first kappa shape index (κ1) is 29.5. The SMILES string of the molecule is [K].[RuH3].c1ccc(P(c2ccccc2)c2ccccc2)cc1.c1ccc(Pc2ccccc2)cc1. The van der Waals surface area contributed by atoms with Crippen LogP contribution in [0.25, 0.3) is 0 Å². The summed E-state index contributed by atoms with van der Waals surface area (Å²) < 4.78 is 0. The molecule has 0 aromatic heterocycles. The van der Waals surface area contributed by atoms with Gasteiger partial charge in [-0.1, -0.05) is 160 Å². The monoisotopic (exact) mass is 592 g/mol. The first-order chi connectivity index (χ1) is 15.9. The van der Waals surface area contributed by atoms with Gasteiger partial charge in [0.1, 0.15) is 0 Å². The van der Waals surface area contributed by atoms with Gasteiger partial charge in [-0.3, -0.25) is 0 Å². The third-order valence-corrected chi connectivity index (χ3v) is 8.57. The van der Waals surface area contributed by atoms with Crippen molar-refractivity contribution >= 4 is 94.4 Å². The Hall–Kier alpha value is -0.780. The predicted octanol–water partition coefficient (Wildman–Crippen LogP) is 4.57. The number of benzene rings is 5. The summed E-state index contributed by atoms with van der Waals surface area (Å²) in [5.74, 6) is 0. The third kappa shape index (κ3) is 9.35. The van der Waals surface area contributed by atoms with Gasteiger partial charge in [0, 0.05) is 51.4 Å². The maximum atomic E-state index is 2.23. The quantitative estimate of drug-likeness (QED) is 0.208. The molecule has 0 saturated carbocycles. The molecule has 5 aromatic rings. The van der Waals surface area contributed by atoms with Crippen LogP contribution in [0.2, 0.25) is 0 Å². The van der Waals surface area contributed by atoms with Gasteiger partial charge in [-0.2, -0.15) is 0 Å². The Balaban J connectivity index is 0.000000241. The van der Waals surface area contributed by atoms with Gasteiger partial charge in [0.25, 0.3) is 0 Å². The van der Waals surface area contributed by atoms with E-state index >= 15 is 0 Å². The Morgan fingerprint density at radius 1 is 0.353 bits per heavy atom. The Morgan fingerprint density at radius 3 is 0.853 bits per heavy atom. The average molecular weight is 592 g/mol. The summed E-state index contributed by atoms with van der Waals surface area (Å²) in [5, 5.41) is 6.99. The molecule has 34 heavy (non-hydrogen) atoms. The largest absolute Gasteiger partial charge is 0.0622 e. The fourth-order valence-electron chi connectivity index (χ4n) is 3.39. The Morgan fingerprint density at radius 2 is 0.588 bits per heavy atom. The van der Waals surface area contributed by atoms with E-state index in [2.05, 4.69) is 152 Å². The van der Waals surface area contributed by atoms with E-state index < -0.39 is 7.92 Å². The zero-order valence-electron chi connectivity index (χ0n) is 19.3. The van der Waals surface area contributed by atoms with Gasteiger partial charge < -0.3 is 0 Å². The van der Waals surface area contributed by atoms with Gasteiger partial charge in [-0.05, 0) is 34.4 Å². The van der Waals surface area contributed by atoms with Crippen molar-refractivity contribution < 1.29 is 19.5 Å². The molecule has 4 heteroatoms. The maximum absolute atomic E-state index is 2.23. The van der Waals surface area contributed by atoms with Crippen molar-refractivity contribution in [1.29, 1.82) is 0 Å². The summed E-state index contributed by atoms with van der Waals surface area (Å²) in [6.07, 6.45) is 0. The molecule has 0 amide bonds. The van der Waals surface area contributed by atoms with Crippen molar-refractivity contribution in [3.63, 3.8) is 0 Å². The van der Waals surface area contributed by atoms with Gasteiger partial charge in [0.05, 0.1) is 0 Å². The van der Waals surface area contributed by atoms with E-state index in [1.165, 1.54) is 26.5 Å². The van der Waals surface area contributed by atoms with Gasteiger partial charge in [-0.25, -0.2) is 0 Å². The molecular weight excluding hydrogens is 562 g/mol. The third-order valence-electron chi connectivity index (χ3n) is 4.88. The summed E-state index contributed by atoms with van der Waals surface area (Å²) in [6, 6.07) is 53.5. The molecule has 0 heterocycles.